The van der Waals surface area contributed by atoms with Gasteiger partial charge >= 0.3 is 5.91 Å². The Bertz CT molecular complexity index is 1600. The van der Waals surface area contributed by atoms with Crippen LogP contribution in [0.5, 0.6) is 5.75 Å². The molecule has 0 fully saturated rings. The smallest absolute Gasteiger partial charge is 0.305 e. The van der Waals surface area contributed by atoms with Gasteiger partial charge in [0.15, 0.2) is 11.5 Å². The molecule has 0 saturated heterocycles. The highest BCUT2D eigenvalue weighted by atomic mass is 16.5. The Morgan fingerprint density at radius 1 is 0.944 bits per heavy atom. The molecule has 0 radical (unpaired) electrons. The molecule has 0 aliphatic carbocycles. The zero-order valence-electron chi connectivity index (χ0n) is 18.7. The maximum Gasteiger partial charge on any atom is 0.305 e. The van der Waals surface area contributed by atoms with Crippen LogP contribution in [0.3, 0.4) is 0 Å². The first-order valence-electron chi connectivity index (χ1n) is 10.9. The van der Waals surface area contributed by atoms with Gasteiger partial charge in [-0.25, -0.2) is 4.98 Å². The predicted molar refractivity (Wildman–Crippen MR) is 129 cm³/mol. The van der Waals surface area contributed by atoms with Crippen LogP contribution in [0.4, 0.5) is 0 Å². The first kappa shape index (κ1) is 22.4. The van der Waals surface area contributed by atoms with E-state index in [9.17, 15) is 9.59 Å². The van der Waals surface area contributed by atoms with Gasteiger partial charge in [0.1, 0.15) is 29.9 Å². The Kier molecular flexibility index (Phi) is 6.15. The highest BCUT2D eigenvalue weighted by Crippen LogP contribution is 2.25. The first-order chi connectivity index (χ1) is 17.6. The second-order valence-corrected chi connectivity index (χ2v) is 7.62. The number of para-hydroxylation sites is 2. The molecule has 0 unspecified atom stereocenters. The molecule has 9 nitrogen and oxygen atoms in total. The molecule has 5 rings (SSSR count). The van der Waals surface area contributed by atoms with Crippen molar-refractivity contribution in [1.29, 1.82) is 5.26 Å². The number of nitrogens with zero attached hydrogens (tertiary/aromatic N) is 2. The number of nitriles is 1. The fourth-order valence-electron chi connectivity index (χ4n) is 3.57. The van der Waals surface area contributed by atoms with Crippen LogP contribution in [-0.4, -0.2) is 16.8 Å². The van der Waals surface area contributed by atoms with Crippen molar-refractivity contribution < 1.29 is 23.2 Å². The number of hydrogen-bond donors (Lipinski definition) is 2. The van der Waals surface area contributed by atoms with Gasteiger partial charge in [0, 0.05) is 5.39 Å². The highest BCUT2D eigenvalue weighted by molar-refractivity contribution is 6.07. The zero-order valence-corrected chi connectivity index (χ0v) is 18.7. The van der Waals surface area contributed by atoms with E-state index >= 15 is 0 Å². The molecule has 2 N–H and O–H groups in total. The number of carbonyl (C=O) groups excluding carboxylic acids is 2. The van der Waals surface area contributed by atoms with Gasteiger partial charge in [0.25, 0.3) is 5.91 Å². The lowest BCUT2D eigenvalue weighted by Crippen LogP contribution is -2.41. The Morgan fingerprint density at radius 3 is 2.58 bits per heavy atom. The maximum atomic E-state index is 13.0. The fraction of sp³-hybridized carbons (Fsp3) is 0.0370. The van der Waals surface area contributed by atoms with E-state index in [1.165, 1.54) is 12.3 Å². The third-order valence-electron chi connectivity index (χ3n) is 5.29. The number of aromatic nitrogens is 1. The molecule has 3 heterocycles. The van der Waals surface area contributed by atoms with Gasteiger partial charge in [-0.2, -0.15) is 5.26 Å². The number of nitrogens with one attached hydrogen (secondary N) is 2. The molecule has 9 heteroatoms. The Balaban J connectivity index is 1.27. The molecule has 0 spiro atoms. The number of ether oxygens (including phenoxy) is 1. The van der Waals surface area contributed by atoms with Crippen molar-refractivity contribution in [3.05, 3.63) is 108 Å². The summed E-state index contributed by atoms with van der Waals surface area (Å²) in [6, 6.07) is 24.2. The van der Waals surface area contributed by atoms with Crippen LogP contribution >= 0.6 is 0 Å². The van der Waals surface area contributed by atoms with Crippen molar-refractivity contribution in [3.8, 4) is 23.3 Å². The lowest BCUT2D eigenvalue weighted by Gasteiger charge is -2.10. The summed E-state index contributed by atoms with van der Waals surface area (Å²) in [5, 5.41) is 9.77. The van der Waals surface area contributed by atoms with Crippen molar-refractivity contribution in [1.82, 2.24) is 15.8 Å². The van der Waals surface area contributed by atoms with E-state index in [0.717, 1.165) is 0 Å². The van der Waals surface area contributed by atoms with E-state index in [1.807, 2.05) is 12.1 Å². The Hall–Kier alpha value is -5.36. The molecule has 0 atom stereocenters. The summed E-state index contributed by atoms with van der Waals surface area (Å²) in [6.07, 6.45) is 1.52. The van der Waals surface area contributed by atoms with Crippen LogP contribution < -0.4 is 15.6 Å². The zero-order chi connectivity index (χ0) is 24.9. The van der Waals surface area contributed by atoms with Gasteiger partial charge in [-0.05, 0) is 48.5 Å². The largest absolute Gasteiger partial charge is 0.484 e. The minimum absolute atomic E-state index is 0.0154. The number of hydrogen-bond acceptors (Lipinski definition) is 7. The third-order valence-corrected chi connectivity index (χ3v) is 5.29. The van der Waals surface area contributed by atoms with E-state index in [2.05, 4.69) is 15.8 Å². The average molecular weight is 478 g/mol. The van der Waals surface area contributed by atoms with Crippen molar-refractivity contribution in [2.24, 2.45) is 0 Å². The molecule has 176 valence electrons. The molecule has 3 aromatic heterocycles. The standard InChI is InChI=1S/C27H18N4O5/c28-15-17-6-1-4-9-23(17)35-16-18-11-12-25(36-18)27(33)31-30-26(32)20-14-22(24-10-5-13-34-24)29-21-8-3-2-7-19(20)21/h1-14H,16H2,(H,30,32)(H,31,33). The van der Waals surface area contributed by atoms with Crippen molar-refractivity contribution in [2.75, 3.05) is 0 Å². The molecule has 0 aliphatic heterocycles. The summed E-state index contributed by atoms with van der Waals surface area (Å²) in [5.41, 5.74) is 6.59. The van der Waals surface area contributed by atoms with Crippen LogP contribution in [0, 0.1) is 11.3 Å². The molecule has 2 amide bonds. The summed E-state index contributed by atoms with van der Waals surface area (Å²) < 4.78 is 16.6. The molecule has 5 aromatic rings. The summed E-state index contributed by atoms with van der Waals surface area (Å²) in [7, 11) is 0. The summed E-state index contributed by atoms with van der Waals surface area (Å²) in [4.78, 5) is 30.1. The van der Waals surface area contributed by atoms with Gasteiger partial charge in [-0.1, -0.05) is 30.3 Å². The van der Waals surface area contributed by atoms with E-state index in [4.69, 9.17) is 18.8 Å². The molecule has 0 saturated carbocycles. The molecular weight excluding hydrogens is 460 g/mol. The topological polar surface area (TPSA) is 130 Å². The van der Waals surface area contributed by atoms with Crippen LogP contribution in [0.1, 0.15) is 32.2 Å². The number of hydrazine groups is 1. The Labute approximate surface area is 204 Å². The normalized spacial score (nSPS) is 10.5. The van der Waals surface area contributed by atoms with Gasteiger partial charge in [0.2, 0.25) is 0 Å². The minimum Gasteiger partial charge on any atom is -0.484 e. The SMILES string of the molecule is N#Cc1ccccc1OCc1ccc(C(=O)NNC(=O)c2cc(-c3ccco3)nc3ccccc23)o1. The number of pyridine rings is 1. The summed E-state index contributed by atoms with van der Waals surface area (Å²) in [5.74, 6) is 0.116. The molecule has 0 aliphatic rings. The van der Waals surface area contributed by atoms with Crippen LogP contribution in [0.2, 0.25) is 0 Å². The number of rotatable bonds is 6. The van der Waals surface area contributed by atoms with Crippen molar-refractivity contribution >= 4 is 22.7 Å². The van der Waals surface area contributed by atoms with Gasteiger partial charge in [0.05, 0.1) is 22.9 Å². The average Bonchev–Trinajstić information content (AvgIpc) is 3.63. The predicted octanol–water partition coefficient (Wildman–Crippen LogP) is 4.61. The second-order valence-electron chi connectivity index (χ2n) is 7.62. The lowest BCUT2D eigenvalue weighted by molar-refractivity contribution is 0.0829. The van der Waals surface area contributed by atoms with E-state index in [-0.39, 0.29) is 12.4 Å². The number of fused-ring (bicyclic) bond motifs is 1. The van der Waals surface area contributed by atoms with Crippen molar-refractivity contribution in [3.63, 3.8) is 0 Å². The number of amides is 2. The lowest BCUT2D eigenvalue weighted by atomic mass is 10.1. The van der Waals surface area contributed by atoms with E-state index in [1.54, 1.807) is 66.7 Å². The van der Waals surface area contributed by atoms with Gasteiger partial charge < -0.3 is 13.6 Å². The van der Waals surface area contributed by atoms with Gasteiger partial charge in [-0.3, -0.25) is 20.4 Å². The fourth-order valence-corrected chi connectivity index (χ4v) is 3.57. The van der Waals surface area contributed by atoms with E-state index < -0.39 is 11.8 Å². The minimum atomic E-state index is -0.642. The summed E-state index contributed by atoms with van der Waals surface area (Å²) in [6.45, 7) is 0.0247. The van der Waals surface area contributed by atoms with Crippen LogP contribution in [0.25, 0.3) is 22.4 Å². The molecule has 0 bridgehead atoms. The molecule has 2 aromatic carbocycles. The van der Waals surface area contributed by atoms with E-state index in [0.29, 0.717) is 45.0 Å². The van der Waals surface area contributed by atoms with Crippen LogP contribution in [-0.2, 0) is 6.61 Å². The van der Waals surface area contributed by atoms with Crippen molar-refractivity contribution in [2.45, 2.75) is 6.61 Å². The first-order valence-corrected chi connectivity index (χ1v) is 10.9. The number of carbonyl (C=O) groups is 2. The summed E-state index contributed by atoms with van der Waals surface area (Å²) >= 11 is 0. The number of furan rings is 2. The van der Waals surface area contributed by atoms with Crippen LogP contribution in [0.15, 0.2) is 94.0 Å². The monoisotopic (exact) mass is 478 g/mol. The van der Waals surface area contributed by atoms with Gasteiger partial charge in [-0.15, -0.1) is 0 Å². The quantitative estimate of drug-likeness (QED) is 0.341. The molecule has 36 heavy (non-hydrogen) atoms. The Morgan fingerprint density at radius 2 is 1.75 bits per heavy atom. The number of benzene rings is 2. The third kappa shape index (κ3) is 4.64. The second kappa shape index (κ2) is 9.87. The highest BCUT2D eigenvalue weighted by Gasteiger charge is 2.17. The molecular formula is C27H18N4O5. The maximum absolute atomic E-state index is 13.0.